The van der Waals surface area contributed by atoms with Crippen LogP contribution >= 0.6 is 0 Å². The van der Waals surface area contributed by atoms with Gasteiger partial charge in [0.25, 0.3) is 0 Å². The molecule has 0 spiro atoms. The van der Waals surface area contributed by atoms with E-state index in [1.807, 2.05) is 43.3 Å². The van der Waals surface area contributed by atoms with E-state index in [0.717, 1.165) is 14.9 Å². The predicted octanol–water partition coefficient (Wildman–Crippen LogP) is 2.00. The van der Waals surface area contributed by atoms with Crippen LogP contribution in [-0.4, -0.2) is 25.5 Å². The minimum atomic E-state index is -2.55. The van der Waals surface area contributed by atoms with Gasteiger partial charge in [-0.2, -0.15) is 0 Å². The third-order valence-corrected chi connectivity index (χ3v) is 5.19. The van der Waals surface area contributed by atoms with Crippen LogP contribution in [0.4, 0.5) is 0 Å². The van der Waals surface area contributed by atoms with Crippen molar-refractivity contribution in [2.75, 3.05) is 0 Å². The average Bonchev–Trinajstić information content (AvgIpc) is 2.47. The third kappa shape index (κ3) is 1.77. The zero-order valence-corrected chi connectivity index (χ0v) is 9.56. The van der Waals surface area contributed by atoms with Crippen molar-refractivity contribution in [3.8, 4) is 0 Å². The molecule has 13 heavy (non-hydrogen) atoms. The van der Waals surface area contributed by atoms with E-state index >= 15 is 0 Å². The van der Waals surface area contributed by atoms with Crippen molar-refractivity contribution < 1.29 is 3.10 Å². The van der Waals surface area contributed by atoms with Crippen LogP contribution < -0.4 is 0 Å². The van der Waals surface area contributed by atoms with Crippen LogP contribution in [0.15, 0.2) is 39.7 Å². The Morgan fingerprint density at radius 2 is 1.92 bits per heavy atom. The molecule has 1 aliphatic rings. The molecule has 3 heteroatoms. The van der Waals surface area contributed by atoms with Crippen molar-refractivity contribution in [3.05, 3.63) is 42.0 Å². The normalized spacial score (nSPS) is 17.0. The van der Waals surface area contributed by atoms with E-state index in [-0.39, 0.29) is 0 Å². The van der Waals surface area contributed by atoms with Crippen LogP contribution in [0.5, 0.6) is 0 Å². The van der Waals surface area contributed by atoms with Crippen LogP contribution in [-0.2, 0) is 3.10 Å². The van der Waals surface area contributed by atoms with Crippen molar-refractivity contribution in [1.29, 1.82) is 0 Å². The predicted molar refractivity (Wildman–Crippen MR) is 54.0 cm³/mol. The maximum atomic E-state index is 11.6. The Bertz CT molecular complexity index is 406. The SMILES string of the molecule is CC1=N[Te](=O)C(c2ccccc2)=C1. The second-order valence-electron chi connectivity index (χ2n) is 2.86. The van der Waals surface area contributed by atoms with E-state index in [9.17, 15) is 3.10 Å². The quantitative estimate of drug-likeness (QED) is 0.726. The van der Waals surface area contributed by atoms with Gasteiger partial charge in [0.05, 0.1) is 0 Å². The second kappa shape index (κ2) is 3.53. The van der Waals surface area contributed by atoms with Crippen LogP contribution in [0, 0.1) is 0 Å². The van der Waals surface area contributed by atoms with Gasteiger partial charge in [0.15, 0.2) is 0 Å². The molecule has 2 rings (SSSR count). The van der Waals surface area contributed by atoms with Gasteiger partial charge in [-0.15, -0.1) is 0 Å². The number of benzene rings is 1. The summed E-state index contributed by atoms with van der Waals surface area (Å²) in [5.74, 6) is 0. The summed E-state index contributed by atoms with van der Waals surface area (Å²) in [6, 6.07) is 9.82. The standard InChI is InChI=1S/C10H9NOTe/c1-8-7-10(13(12)11-8)9-5-3-2-4-6-9/h2-7H,1H3. The summed E-state index contributed by atoms with van der Waals surface area (Å²) in [6.07, 6.45) is 1.93. The molecule has 0 aromatic heterocycles. The molecule has 0 amide bonds. The minimum absolute atomic E-state index is 0.894. The van der Waals surface area contributed by atoms with Gasteiger partial charge in [-0.1, -0.05) is 0 Å². The Hall–Kier alpha value is -0.780. The molecule has 1 aromatic rings. The summed E-state index contributed by atoms with van der Waals surface area (Å²) >= 11 is -2.55. The Morgan fingerprint density at radius 1 is 1.23 bits per heavy atom. The summed E-state index contributed by atoms with van der Waals surface area (Å²) in [4.78, 5) is 0. The summed E-state index contributed by atoms with van der Waals surface area (Å²) in [6.45, 7) is 1.89. The van der Waals surface area contributed by atoms with E-state index in [2.05, 4.69) is 3.24 Å². The van der Waals surface area contributed by atoms with Gasteiger partial charge in [-0.05, 0) is 0 Å². The molecule has 0 saturated heterocycles. The Balaban J connectivity index is 2.41. The summed E-state index contributed by atoms with van der Waals surface area (Å²) < 4.78 is 16.6. The fourth-order valence-electron chi connectivity index (χ4n) is 1.23. The average molecular weight is 287 g/mol. The van der Waals surface area contributed by atoms with Crippen LogP contribution in [0.3, 0.4) is 0 Å². The number of hydrogen-bond acceptors (Lipinski definition) is 1. The van der Waals surface area contributed by atoms with E-state index in [0.29, 0.717) is 0 Å². The molecule has 0 radical (unpaired) electrons. The van der Waals surface area contributed by atoms with Crippen LogP contribution in [0.2, 0.25) is 0 Å². The van der Waals surface area contributed by atoms with Gasteiger partial charge in [0, 0.05) is 0 Å². The number of nitrogens with zero attached hydrogens (tertiary/aromatic N) is 1. The second-order valence-corrected chi connectivity index (χ2v) is 6.06. The molecule has 0 N–H and O–H groups in total. The zero-order chi connectivity index (χ0) is 9.26. The molecule has 0 fully saturated rings. The third-order valence-electron chi connectivity index (χ3n) is 1.81. The van der Waals surface area contributed by atoms with Crippen molar-refractivity contribution in [2.24, 2.45) is 3.24 Å². The summed E-state index contributed by atoms with van der Waals surface area (Å²) in [7, 11) is 0. The number of hydrogen-bond donors (Lipinski definition) is 0. The van der Waals surface area contributed by atoms with Crippen LogP contribution in [0.1, 0.15) is 12.5 Å². The molecule has 1 heterocycles. The molecule has 1 aromatic carbocycles. The molecule has 0 bridgehead atoms. The molecule has 66 valence electrons. The molecule has 0 unspecified atom stereocenters. The first-order chi connectivity index (χ1) is 6.27. The fourth-order valence-corrected chi connectivity index (χ4v) is 4.15. The zero-order valence-electron chi connectivity index (χ0n) is 7.23. The summed E-state index contributed by atoms with van der Waals surface area (Å²) in [5, 5.41) is 0. The Morgan fingerprint density at radius 3 is 2.46 bits per heavy atom. The summed E-state index contributed by atoms with van der Waals surface area (Å²) in [5.41, 5.74) is 1.94. The van der Waals surface area contributed by atoms with Crippen molar-refractivity contribution in [1.82, 2.24) is 0 Å². The van der Waals surface area contributed by atoms with E-state index in [4.69, 9.17) is 0 Å². The monoisotopic (exact) mass is 289 g/mol. The molecule has 0 aliphatic carbocycles. The topological polar surface area (TPSA) is 29.4 Å². The van der Waals surface area contributed by atoms with Crippen molar-refractivity contribution >= 4 is 29.1 Å². The Labute approximate surface area is 84.4 Å². The van der Waals surface area contributed by atoms with Gasteiger partial charge < -0.3 is 0 Å². The molecule has 1 aliphatic heterocycles. The van der Waals surface area contributed by atoms with Crippen molar-refractivity contribution in [3.63, 3.8) is 0 Å². The van der Waals surface area contributed by atoms with E-state index in [1.54, 1.807) is 0 Å². The van der Waals surface area contributed by atoms with Gasteiger partial charge >= 0.3 is 84.4 Å². The van der Waals surface area contributed by atoms with Crippen LogP contribution in [0.25, 0.3) is 3.62 Å². The first-order valence-corrected chi connectivity index (χ1v) is 7.17. The first kappa shape index (κ1) is 8.80. The molecule has 0 atom stereocenters. The number of allylic oxidation sites excluding steroid dienone is 1. The molecular formula is C10H9NOTe. The van der Waals surface area contributed by atoms with E-state index < -0.39 is 19.8 Å². The van der Waals surface area contributed by atoms with Gasteiger partial charge in [-0.25, -0.2) is 0 Å². The van der Waals surface area contributed by atoms with Gasteiger partial charge in [0.1, 0.15) is 0 Å². The maximum absolute atomic E-state index is 11.6. The Kier molecular flexibility index (Phi) is 2.39. The first-order valence-electron chi connectivity index (χ1n) is 4.02. The molecular weight excluding hydrogens is 278 g/mol. The van der Waals surface area contributed by atoms with Gasteiger partial charge in [-0.3, -0.25) is 0 Å². The number of rotatable bonds is 1. The van der Waals surface area contributed by atoms with E-state index in [1.165, 1.54) is 0 Å². The molecule has 2 nitrogen and oxygen atoms in total. The van der Waals surface area contributed by atoms with Crippen molar-refractivity contribution in [2.45, 2.75) is 6.92 Å². The van der Waals surface area contributed by atoms with Gasteiger partial charge in [0.2, 0.25) is 0 Å². The molecule has 0 saturated carbocycles. The fraction of sp³-hybridized carbons (Fsp3) is 0.100.